The van der Waals surface area contributed by atoms with Gasteiger partial charge in [-0.3, -0.25) is 0 Å². The summed E-state index contributed by atoms with van der Waals surface area (Å²) >= 11 is 2.03. The maximum atomic E-state index is 8.91. The molecule has 3 rings (SSSR count). The van der Waals surface area contributed by atoms with Crippen molar-refractivity contribution in [3.05, 3.63) is 29.8 Å². The van der Waals surface area contributed by atoms with Gasteiger partial charge in [-0.25, -0.2) is 0 Å². The number of likely N-dealkylation sites (tertiary alicyclic amines) is 1. The van der Waals surface area contributed by atoms with Crippen LogP contribution in [-0.2, 0) is 6.42 Å². The molecule has 0 bridgehead atoms. The largest absolute Gasteiger partial charge is 0.302 e. The minimum absolute atomic E-state index is 0.301. The predicted octanol–water partition coefficient (Wildman–Crippen LogP) is 2.94. The van der Waals surface area contributed by atoms with Gasteiger partial charge in [0.15, 0.2) is 0 Å². The van der Waals surface area contributed by atoms with Gasteiger partial charge < -0.3 is 4.90 Å². The molecule has 2 nitrogen and oxygen atoms in total. The maximum Gasteiger partial charge on any atom is 0.0656 e. The average Bonchev–Trinajstić information content (AvgIpc) is 2.82. The molecule has 2 aliphatic rings. The van der Waals surface area contributed by atoms with E-state index < -0.39 is 0 Å². The van der Waals surface area contributed by atoms with E-state index in [0.717, 1.165) is 25.9 Å². The fraction of sp³-hybridized carbons (Fsp3) is 0.533. The summed E-state index contributed by atoms with van der Waals surface area (Å²) in [5, 5.41) is 9.62. The molecular formula is C15H18N2S. The summed E-state index contributed by atoms with van der Waals surface area (Å²) in [6, 6.07) is 11.2. The molecular weight excluding hydrogens is 240 g/mol. The van der Waals surface area contributed by atoms with Crippen molar-refractivity contribution in [2.24, 2.45) is 5.92 Å². The topological polar surface area (TPSA) is 27.0 Å². The number of nitrogens with zero attached hydrogens (tertiary/aromatic N) is 2. The van der Waals surface area contributed by atoms with Crippen LogP contribution in [-0.4, -0.2) is 29.8 Å². The van der Waals surface area contributed by atoms with Crippen molar-refractivity contribution in [3.63, 3.8) is 0 Å². The van der Waals surface area contributed by atoms with E-state index in [4.69, 9.17) is 5.26 Å². The highest BCUT2D eigenvalue weighted by Crippen LogP contribution is 2.37. The highest BCUT2D eigenvalue weighted by Gasteiger charge is 2.26. The molecule has 0 amide bonds. The number of fused-ring (bicyclic) bond motifs is 1. The minimum Gasteiger partial charge on any atom is -0.302 e. The van der Waals surface area contributed by atoms with Gasteiger partial charge in [-0.15, -0.1) is 11.8 Å². The first-order valence-electron chi connectivity index (χ1n) is 6.71. The number of benzene rings is 1. The summed E-state index contributed by atoms with van der Waals surface area (Å²) in [4.78, 5) is 4.01. The third-order valence-electron chi connectivity index (χ3n) is 3.95. The Labute approximate surface area is 113 Å². The number of piperidine rings is 1. The van der Waals surface area contributed by atoms with Gasteiger partial charge in [0.2, 0.25) is 0 Å². The van der Waals surface area contributed by atoms with E-state index in [1.54, 1.807) is 0 Å². The Balaban J connectivity index is 1.53. The van der Waals surface area contributed by atoms with Crippen molar-refractivity contribution >= 4 is 11.8 Å². The van der Waals surface area contributed by atoms with Crippen molar-refractivity contribution in [2.75, 3.05) is 19.6 Å². The van der Waals surface area contributed by atoms with Crippen LogP contribution in [0.2, 0.25) is 0 Å². The molecule has 0 spiro atoms. The maximum absolute atomic E-state index is 8.91. The van der Waals surface area contributed by atoms with Crippen LogP contribution in [0.3, 0.4) is 0 Å². The molecule has 2 aliphatic heterocycles. The number of hydrogen-bond acceptors (Lipinski definition) is 3. The van der Waals surface area contributed by atoms with Crippen LogP contribution in [0.15, 0.2) is 29.2 Å². The second-order valence-electron chi connectivity index (χ2n) is 5.26. The van der Waals surface area contributed by atoms with Crippen LogP contribution in [0, 0.1) is 17.2 Å². The Kier molecular flexibility index (Phi) is 3.58. The summed E-state index contributed by atoms with van der Waals surface area (Å²) in [6.45, 7) is 3.38. The fourth-order valence-corrected chi connectivity index (χ4v) is 4.26. The lowest BCUT2D eigenvalue weighted by atomic mass is 9.98. The monoisotopic (exact) mass is 258 g/mol. The Bertz CT molecular complexity index is 433. The van der Waals surface area contributed by atoms with E-state index in [1.165, 1.54) is 23.4 Å². The zero-order valence-electron chi connectivity index (χ0n) is 10.5. The van der Waals surface area contributed by atoms with E-state index >= 15 is 0 Å². The molecule has 1 aromatic rings. The Morgan fingerprint density at radius 3 is 2.78 bits per heavy atom. The second-order valence-corrected chi connectivity index (χ2v) is 6.60. The fourth-order valence-electron chi connectivity index (χ4n) is 2.89. The summed E-state index contributed by atoms with van der Waals surface area (Å²) in [5.74, 6) is 0.301. The van der Waals surface area contributed by atoms with Crippen LogP contribution < -0.4 is 0 Å². The molecule has 1 unspecified atom stereocenters. The van der Waals surface area contributed by atoms with Gasteiger partial charge in [0.05, 0.1) is 6.07 Å². The van der Waals surface area contributed by atoms with Crippen LogP contribution in [0.25, 0.3) is 0 Å². The summed E-state index contributed by atoms with van der Waals surface area (Å²) in [5.41, 5.74) is 1.51. The van der Waals surface area contributed by atoms with Gasteiger partial charge in [0.25, 0.3) is 0 Å². The quantitative estimate of drug-likeness (QED) is 0.816. The molecule has 1 aromatic carbocycles. The zero-order chi connectivity index (χ0) is 12.4. The Morgan fingerprint density at radius 2 is 2.06 bits per heavy atom. The third kappa shape index (κ3) is 2.55. The minimum atomic E-state index is 0.301. The zero-order valence-corrected chi connectivity index (χ0v) is 11.3. The first-order chi connectivity index (χ1) is 8.85. The predicted molar refractivity (Wildman–Crippen MR) is 74.6 cm³/mol. The van der Waals surface area contributed by atoms with Crippen molar-refractivity contribution < 1.29 is 0 Å². The molecule has 0 N–H and O–H groups in total. The lowest BCUT2D eigenvalue weighted by Crippen LogP contribution is -2.37. The average molecular weight is 258 g/mol. The SMILES string of the molecule is N#CC1CCN(CC2Cc3ccccc3S2)CC1. The second kappa shape index (κ2) is 5.34. The van der Waals surface area contributed by atoms with E-state index in [9.17, 15) is 0 Å². The van der Waals surface area contributed by atoms with Crippen LogP contribution in [0.1, 0.15) is 18.4 Å². The molecule has 0 radical (unpaired) electrons. The highest BCUT2D eigenvalue weighted by molar-refractivity contribution is 8.00. The van der Waals surface area contributed by atoms with Crippen molar-refractivity contribution in [1.82, 2.24) is 4.90 Å². The van der Waals surface area contributed by atoms with E-state index in [1.807, 2.05) is 11.8 Å². The van der Waals surface area contributed by atoms with Gasteiger partial charge in [0.1, 0.15) is 0 Å². The van der Waals surface area contributed by atoms with Crippen molar-refractivity contribution in [2.45, 2.75) is 29.4 Å². The summed E-state index contributed by atoms with van der Waals surface area (Å²) < 4.78 is 0. The molecule has 0 aromatic heterocycles. The van der Waals surface area contributed by atoms with E-state index in [0.29, 0.717) is 11.2 Å². The van der Waals surface area contributed by atoms with Gasteiger partial charge in [0, 0.05) is 22.6 Å². The smallest absolute Gasteiger partial charge is 0.0656 e. The van der Waals surface area contributed by atoms with Crippen molar-refractivity contribution in [1.29, 1.82) is 5.26 Å². The molecule has 94 valence electrons. The number of nitriles is 1. The van der Waals surface area contributed by atoms with Crippen molar-refractivity contribution in [3.8, 4) is 6.07 Å². The van der Waals surface area contributed by atoms with Crippen LogP contribution in [0.4, 0.5) is 0 Å². The lowest BCUT2D eigenvalue weighted by molar-refractivity contribution is 0.206. The highest BCUT2D eigenvalue weighted by atomic mass is 32.2. The Hall–Kier alpha value is -0.980. The first kappa shape index (κ1) is 12.1. The molecule has 2 heterocycles. The van der Waals surface area contributed by atoms with Gasteiger partial charge >= 0.3 is 0 Å². The van der Waals surface area contributed by atoms with E-state index in [-0.39, 0.29) is 0 Å². The lowest BCUT2D eigenvalue weighted by Gasteiger charge is -2.30. The van der Waals surface area contributed by atoms with E-state index in [2.05, 4.69) is 35.2 Å². The number of hydrogen-bond donors (Lipinski definition) is 0. The summed E-state index contributed by atoms with van der Waals surface area (Å²) in [7, 11) is 0. The molecule has 0 aliphatic carbocycles. The van der Waals surface area contributed by atoms with Gasteiger partial charge in [-0.1, -0.05) is 18.2 Å². The number of thioether (sulfide) groups is 1. The standard InChI is InChI=1S/C15H18N2S/c16-10-12-5-7-17(8-6-12)11-14-9-13-3-1-2-4-15(13)18-14/h1-4,12,14H,5-9,11H2. The Morgan fingerprint density at radius 1 is 1.28 bits per heavy atom. The van der Waals surface area contributed by atoms with Crippen LogP contribution >= 0.6 is 11.8 Å². The normalized spacial score (nSPS) is 24.7. The number of rotatable bonds is 2. The molecule has 1 atom stereocenters. The van der Waals surface area contributed by atoms with Gasteiger partial charge in [-0.05, 0) is 44.0 Å². The van der Waals surface area contributed by atoms with Gasteiger partial charge in [-0.2, -0.15) is 5.26 Å². The third-order valence-corrected chi connectivity index (χ3v) is 5.25. The molecule has 0 saturated carbocycles. The summed E-state index contributed by atoms with van der Waals surface area (Å²) in [6.07, 6.45) is 3.32. The molecule has 3 heteroatoms. The molecule has 1 saturated heterocycles. The molecule has 18 heavy (non-hydrogen) atoms. The first-order valence-corrected chi connectivity index (χ1v) is 7.59. The molecule has 1 fully saturated rings. The van der Waals surface area contributed by atoms with Crippen LogP contribution in [0.5, 0.6) is 0 Å².